The molecule has 0 atom stereocenters. The summed E-state index contributed by atoms with van der Waals surface area (Å²) in [7, 11) is -4.67. The minimum Gasteiger partial charge on any atom is -0.372 e. The Morgan fingerprint density at radius 3 is 2.11 bits per heavy atom. The first kappa shape index (κ1) is 16.5. The molecule has 0 fully saturated rings. The SMILES string of the molecule is CCN(CC)C1=CCC(=[N+]=[N-])C=C1.O=S(=O)(O)O. The van der Waals surface area contributed by atoms with Gasteiger partial charge in [-0.3, -0.25) is 9.11 Å². The third kappa shape index (κ3) is 7.75. The first-order chi connectivity index (χ1) is 8.31. The Hall–Kier alpha value is -1.47. The highest BCUT2D eigenvalue weighted by atomic mass is 32.3. The van der Waals surface area contributed by atoms with Gasteiger partial charge in [0.1, 0.15) is 0 Å². The number of nitrogens with zero attached hydrogens (tertiary/aromatic N) is 3. The minimum absolute atomic E-state index is 0.718. The van der Waals surface area contributed by atoms with Crippen molar-refractivity contribution in [3.8, 4) is 0 Å². The van der Waals surface area contributed by atoms with E-state index in [2.05, 4.69) is 29.6 Å². The molecule has 8 heteroatoms. The molecule has 7 nitrogen and oxygen atoms in total. The maximum absolute atomic E-state index is 8.74. The third-order valence-corrected chi connectivity index (χ3v) is 2.22. The number of hydrogen-bond donors (Lipinski definition) is 2. The third-order valence-electron chi connectivity index (χ3n) is 2.22. The second-order valence-corrected chi connectivity index (χ2v) is 4.27. The van der Waals surface area contributed by atoms with Crippen LogP contribution in [0.3, 0.4) is 0 Å². The van der Waals surface area contributed by atoms with Gasteiger partial charge in [0, 0.05) is 24.9 Å². The second-order valence-electron chi connectivity index (χ2n) is 3.38. The first-order valence-electron chi connectivity index (χ1n) is 5.35. The molecule has 0 aromatic heterocycles. The van der Waals surface area contributed by atoms with Crippen LogP contribution in [0.2, 0.25) is 0 Å². The molecule has 1 aliphatic rings. The van der Waals surface area contributed by atoms with Gasteiger partial charge in [0.25, 0.3) is 5.71 Å². The van der Waals surface area contributed by atoms with Crippen molar-refractivity contribution in [3.63, 3.8) is 0 Å². The summed E-state index contributed by atoms with van der Waals surface area (Å²) in [4.78, 5) is 5.43. The van der Waals surface area contributed by atoms with Crippen molar-refractivity contribution in [2.75, 3.05) is 13.1 Å². The second kappa shape index (κ2) is 7.78. The summed E-state index contributed by atoms with van der Waals surface area (Å²) in [5, 5.41) is 0. The molecular weight excluding hydrogens is 258 g/mol. The average Bonchev–Trinajstić information content (AvgIpc) is 2.29. The van der Waals surface area contributed by atoms with Gasteiger partial charge >= 0.3 is 10.4 Å². The van der Waals surface area contributed by atoms with E-state index in [0.29, 0.717) is 0 Å². The summed E-state index contributed by atoms with van der Waals surface area (Å²) in [5.74, 6) is 0. The zero-order valence-corrected chi connectivity index (χ0v) is 11.1. The van der Waals surface area contributed by atoms with E-state index in [9.17, 15) is 0 Å². The van der Waals surface area contributed by atoms with Gasteiger partial charge in [-0.05, 0) is 26.0 Å². The largest absolute Gasteiger partial charge is 0.394 e. The molecule has 1 rings (SSSR count). The van der Waals surface area contributed by atoms with E-state index in [0.717, 1.165) is 25.2 Å². The van der Waals surface area contributed by atoms with Crippen LogP contribution in [0.1, 0.15) is 20.3 Å². The number of rotatable bonds is 3. The molecule has 18 heavy (non-hydrogen) atoms. The topological polar surface area (TPSA) is 114 Å². The molecule has 0 saturated carbocycles. The summed E-state index contributed by atoms with van der Waals surface area (Å²) < 4.78 is 31.6. The molecule has 0 heterocycles. The fourth-order valence-corrected chi connectivity index (χ4v) is 1.42. The lowest BCUT2D eigenvalue weighted by Gasteiger charge is -2.22. The van der Waals surface area contributed by atoms with Crippen molar-refractivity contribution in [3.05, 3.63) is 29.5 Å². The highest BCUT2D eigenvalue weighted by Gasteiger charge is 2.10. The molecule has 2 N–H and O–H groups in total. The van der Waals surface area contributed by atoms with Crippen LogP contribution in [-0.2, 0) is 10.4 Å². The van der Waals surface area contributed by atoms with Gasteiger partial charge in [0.15, 0.2) is 0 Å². The first-order valence-corrected chi connectivity index (χ1v) is 6.75. The van der Waals surface area contributed by atoms with Gasteiger partial charge in [-0.1, -0.05) is 0 Å². The summed E-state index contributed by atoms with van der Waals surface area (Å²) in [6.45, 7) is 6.29. The quantitative estimate of drug-likeness (QED) is 0.456. The molecule has 0 bridgehead atoms. The van der Waals surface area contributed by atoms with Crippen LogP contribution in [0.15, 0.2) is 23.9 Å². The van der Waals surface area contributed by atoms with E-state index >= 15 is 0 Å². The molecule has 0 aromatic carbocycles. The number of hydrogen-bond acceptors (Lipinski definition) is 3. The Bertz CT molecular complexity index is 463. The molecule has 0 unspecified atom stereocenters. The Labute approximate surface area is 107 Å². The molecule has 0 aliphatic heterocycles. The fourth-order valence-electron chi connectivity index (χ4n) is 1.42. The van der Waals surface area contributed by atoms with Crippen LogP contribution >= 0.6 is 0 Å². The Morgan fingerprint density at radius 1 is 1.33 bits per heavy atom. The number of likely N-dealkylation sites (N-methyl/N-ethyl adjacent to an activating group) is 1. The molecule has 0 aromatic rings. The predicted molar refractivity (Wildman–Crippen MR) is 67.6 cm³/mol. The van der Waals surface area contributed by atoms with Crippen molar-refractivity contribution in [2.24, 2.45) is 0 Å². The summed E-state index contributed by atoms with van der Waals surface area (Å²) in [6, 6.07) is 0. The fraction of sp³-hybridized carbons (Fsp3) is 0.500. The molecule has 0 spiro atoms. The van der Waals surface area contributed by atoms with Crippen LogP contribution in [0.25, 0.3) is 5.53 Å². The molecule has 0 amide bonds. The normalized spacial score (nSPS) is 14.2. The van der Waals surface area contributed by atoms with Crippen molar-refractivity contribution in [1.29, 1.82) is 0 Å². The maximum Gasteiger partial charge on any atom is 0.394 e. The monoisotopic (exact) mass is 275 g/mol. The standard InChI is InChI=1S/C10H15N3.H2O4S/c1-3-13(4-2)10-7-5-9(12-11)6-8-10;1-5(2,3)4/h5,7-8H,3-4,6H2,1-2H3;(H2,1,2,3,4). The Morgan fingerprint density at radius 2 is 1.83 bits per heavy atom. The molecule has 0 saturated heterocycles. The van der Waals surface area contributed by atoms with Crippen LogP contribution in [0, 0.1) is 0 Å². The zero-order chi connectivity index (χ0) is 14.2. The summed E-state index contributed by atoms with van der Waals surface area (Å²) >= 11 is 0. The highest BCUT2D eigenvalue weighted by Crippen LogP contribution is 2.11. The van der Waals surface area contributed by atoms with E-state index in [1.807, 2.05) is 12.2 Å². The Kier molecular flexibility index (Phi) is 7.14. The predicted octanol–water partition coefficient (Wildman–Crippen LogP) is 1.19. The lowest BCUT2D eigenvalue weighted by atomic mass is 10.1. The number of allylic oxidation sites excluding steroid dienone is 3. The average molecular weight is 275 g/mol. The van der Waals surface area contributed by atoms with Crippen LogP contribution in [0.5, 0.6) is 0 Å². The molecule has 0 radical (unpaired) electrons. The molecule has 1 aliphatic carbocycles. The minimum atomic E-state index is -4.67. The van der Waals surface area contributed by atoms with Gasteiger partial charge in [0.05, 0.1) is 6.42 Å². The smallest absolute Gasteiger partial charge is 0.372 e. The molecule has 102 valence electrons. The van der Waals surface area contributed by atoms with Crippen molar-refractivity contribution in [1.82, 2.24) is 4.90 Å². The van der Waals surface area contributed by atoms with E-state index in [1.165, 1.54) is 5.70 Å². The summed E-state index contributed by atoms with van der Waals surface area (Å²) in [5.41, 5.74) is 10.5. The molecular formula is C10H17N3O4S. The van der Waals surface area contributed by atoms with E-state index < -0.39 is 10.4 Å². The van der Waals surface area contributed by atoms with Crippen LogP contribution in [0.4, 0.5) is 0 Å². The lowest BCUT2D eigenvalue weighted by Crippen LogP contribution is -2.22. The van der Waals surface area contributed by atoms with Gasteiger partial charge in [-0.15, -0.1) is 0 Å². The van der Waals surface area contributed by atoms with E-state index in [-0.39, 0.29) is 0 Å². The highest BCUT2D eigenvalue weighted by molar-refractivity contribution is 7.79. The maximum atomic E-state index is 8.74. The van der Waals surface area contributed by atoms with Crippen LogP contribution < -0.4 is 0 Å². The van der Waals surface area contributed by atoms with Crippen molar-refractivity contribution >= 4 is 16.1 Å². The van der Waals surface area contributed by atoms with Gasteiger partial charge < -0.3 is 10.4 Å². The van der Waals surface area contributed by atoms with Gasteiger partial charge in [0.2, 0.25) is 0 Å². The van der Waals surface area contributed by atoms with Gasteiger partial charge in [-0.2, -0.15) is 13.2 Å². The Balaban J connectivity index is 0.000000494. The van der Waals surface area contributed by atoms with E-state index in [1.54, 1.807) is 0 Å². The van der Waals surface area contributed by atoms with Crippen molar-refractivity contribution < 1.29 is 22.3 Å². The zero-order valence-electron chi connectivity index (χ0n) is 10.3. The van der Waals surface area contributed by atoms with Crippen LogP contribution in [-0.4, -0.2) is 46.0 Å². The van der Waals surface area contributed by atoms with Gasteiger partial charge in [-0.25, -0.2) is 0 Å². The lowest BCUT2D eigenvalue weighted by molar-refractivity contribution is -0.00547. The van der Waals surface area contributed by atoms with Crippen molar-refractivity contribution in [2.45, 2.75) is 20.3 Å². The summed E-state index contributed by atoms with van der Waals surface area (Å²) in [6.07, 6.45) is 6.65. The van der Waals surface area contributed by atoms with E-state index in [4.69, 9.17) is 23.1 Å².